The van der Waals surface area contributed by atoms with Gasteiger partial charge in [0.25, 0.3) is 0 Å². The summed E-state index contributed by atoms with van der Waals surface area (Å²) in [6, 6.07) is 13.1. The van der Waals surface area contributed by atoms with E-state index in [0.717, 1.165) is 17.5 Å². The maximum absolute atomic E-state index is 12.5. The third-order valence-corrected chi connectivity index (χ3v) is 4.49. The van der Waals surface area contributed by atoms with Crippen molar-refractivity contribution < 1.29 is 14.3 Å². The van der Waals surface area contributed by atoms with E-state index in [1.54, 1.807) is 12.1 Å². The van der Waals surface area contributed by atoms with Gasteiger partial charge in [0, 0.05) is 18.5 Å². The highest BCUT2D eigenvalue weighted by Gasteiger charge is 2.18. The number of hydrogen-bond acceptors (Lipinski definition) is 4. The van der Waals surface area contributed by atoms with Crippen molar-refractivity contribution in [2.75, 3.05) is 12.4 Å². The highest BCUT2D eigenvalue weighted by atomic mass is 16.5. The van der Waals surface area contributed by atoms with E-state index in [2.05, 4.69) is 10.3 Å². The maximum atomic E-state index is 12.5. The molecule has 0 saturated carbocycles. The van der Waals surface area contributed by atoms with Crippen LogP contribution in [0.25, 0.3) is 11.0 Å². The number of rotatable bonds is 8. The molecule has 1 heterocycles. The van der Waals surface area contributed by atoms with E-state index < -0.39 is 5.91 Å². The molecule has 0 aliphatic rings. The van der Waals surface area contributed by atoms with Gasteiger partial charge >= 0.3 is 0 Å². The largest absolute Gasteiger partial charge is 0.494 e. The van der Waals surface area contributed by atoms with E-state index in [-0.39, 0.29) is 5.91 Å². The highest BCUT2D eigenvalue weighted by molar-refractivity contribution is 5.99. The molecule has 0 radical (unpaired) electrons. The molecule has 7 nitrogen and oxygen atoms in total. The summed E-state index contributed by atoms with van der Waals surface area (Å²) in [4.78, 5) is 28.6. The molecule has 0 fully saturated rings. The number of nitrogens with one attached hydrogen (secondary N) is 1. The minimum atomic E-state index is -0.557. The molecule has 2 aromatic carbocycles. The molecule has 146 valence electrons. The Morgan fingerprint density at radius 1 is 1.21 bits per heavy atom. The number of aromatic nitrogens is 2. The van der Waals surface area contributed by atoms with Crippen molar-refractivity contribution in [3.05, 3.63) is 53.6 Å². The third-order valence-electron chi connectivity index (χ3n) is 4.49. The first-order valence-electron chi connectivity index (χ1n) is 9.25. The van der Waals surface area contributed by atoms with E-state index in [0.29, 0.717) is 42.2 Å². The van der Waals surface area contributed by atoms with Gasteiger partial charge in [-0.25, -0.2) is 4.98 Å². The molecule has 2 amide bonds. The van der Waals surface area contributed by atoms with Crippen molar-refractivity contribution >= 4 is 28.8 Å². The van der Waals surface area contributed by atoms with Gasteiger partial charge in [-0.05, 0) is 30.5 Å². The highest BCUT2D eigenvalue weighted by Crippen LogP contribution is 2.30. The molecule has 0 spiro atoms. The summed E-state index contributed by atoms with van der Waals surface area (Å²) in [5.41, 5.74) is 8.11. The lowest BCUT2D eigenvalue weighted by Gasteiger charge is -2.11. The fraction of sp³-hybridized carbons (Fsp3) is 0.286. The summed E-state index contributed by atoms with van der Waals surface area (Å²) in [7, 11) is 1.53. The van der Waals surface area contributed by atoms with Gasteiger partial charge in [0.05, 0.1) is 12.6 Å². The van der Waals surface area contributed by atoms with Crippen molar-refractivity contribution in [3.63, 3.8) is 0 Å². The number of imidazole rings is 1. The van der Waals surface area contributed by atoms with Gasteiger partial charge < -0.3 is 15.0 Å². The number of fused-ring (bicyclic) bond motifs is 1. The van der Waals surface area contributed by atoms with Crippen LogP contribution < -0.4 is 15.8 Å². The van der Waals surface area contributed by atoms with Crippen LogP contribution in [-0.2, 0) is 17.8 Å². The normalized spacial score (nSPS) is 10.8. The predicted molar refractivity (Wildman–Crippen MR) is 108 cm³/mol. The average Bonchev–Trinajstić information content (AvgIpc) is 3.03. The smallest absolute Gasteiger partial charge is 0.248 e. The van der Waals surface area contributed by atoms with Crippen LogP contribution in [0.15, 0.2) is 42.5 Å². The van der Waals surface area contributed by atoms with Crippen LogP contribution in [0.2, 0.25) is 0 Å². The van der Waals surface area contributed by atoms with Gasteiger partial charge in [0.2, 0.25) is 17.8 Å². The van der Waals surface area contributed by atoms with Crippen molar-refractivity contribution in [3.8, 4) is 5.75 Å². The number of carbonyl (C=O) groups excluding carboxylic acids is 2. The first kappa shape index (κ1) is 19.4. The van der Waals surface area contributed by atoms with E-state index in [1.165, 1.54) is 7.11 Å². The molecule has 3 aromatic rings. The van der Waals surface area contributed by atoms with Crippen molar-refractivity contribution in [1.29, 1.82) is 0 Å². The van der Waals surface area contributed by atoms with Gasteiger partial charge in [0.15, 0.2) is 0 Å². The topological polar surface area (TPSA) is 99.2 Å². The van der Waals surface area contributed by atoms with E-state index >= 15 is 0 Å². The molecule has 0 aliphatic heterocycles. The second-order valence-corrected chi connectivity index (χ2v) is 6.53. The average molecular weight is 380 g/mol. The minimum Gasteiger partial charge on any atom is -0.494 e. The molecule has 1 aromatic heterocycles. The Labute approximate surface area is 163 Å². The number of anilines is 1. The lowest BCUT2D eigenvalue weighted by atomic mass is 10.1. The molecule has 3 N–H and O–H groups in total. The molecule has 0 unspecified atom stereocenters. The van der Waals surface area contributed by atoms with Crippen molar-refractivity contribution in [2.24, 2.45) is 5.73 Å². The van der Waals surface area contributed by atoms with Crippen LogP contribution >= 0.6 is 0 Å². The SMILES string of the molecule is CCCn1c(NC(=O)CCc2ccccc2)nc2cc(C(N)=O)cc(OC)c21. The zero-order valence-corrected chi connectivity index (χ0v) is 16.1. The second kappa shape index (κ2) is 8.56. The summed E-state index contributed by atoms with van der Waals surface area (Å²) in [5.74, 6) is 0.260. The molecule has 7 heteroatoms. The Balaban J connectivity index is 1.90. The number of nitrogens with zero attached hydrogens (tertiary/aromatic N) is 2. The fourth-order valence-corrected chi connectivity index (χ4v) is 3.15. The first-order chi connectivity index (χ1) is 13.5. The number of amides is 2. The molecule has 0 bridgehead atoms. The number of methoxy groups -OCH3 is 1. The Morgan fingerprint density at radius 2 is 1.96 bits per heavy atom. The number of benzene rings is 2. The molecule has 3 rings (SSSR count). The summed E-state index contributed by atoms with van der Waals surface area (Å²) in [6.07, 6.45) is 1.85. The summed E-state index contributed by atoms with van der Waals surface area (Å²) in [5, 5.41) is 2.90. The van der Waals surface area contributed by atoms with Crippen LogP contribution in [0.1, 0.15) is 35.7 Å². The number of carbonyl (C=O) groups is 2. The third kappa shape index (κ3) is 4.14. The minimum absolute atomic E-state index is 0.120. The lowest BCUT2D eigenvalue weighted by molar-refractivity contribution is -0.116. The fourth-order valence-electron chi connectivity index (χ4n) is 3.15. The molecular formula is C21H24N4O3. The molecular weight excluding hydrogens is 356 g/mol. The molecule has 0 saturated heterocycles. The Kier molecular flexibility index (Phi) is 5.93. The number of aryl methyl sites for hydroxylation is 2. The van der Waals surface area contributed by atoms with E-state index in [1.807, 2.05) is 41.8 Å². The van der Waals surface area contributed by atoms with Gasteiger partial charge in [0.1, 0.15) is 11.3 Å². The zero-order chi connectivity index (χ0) is 20.1. The van der Waals surface area contributed by atoms with Gasteiger partial charge in [-0.15, -0.1) is 0 Å². The molecule has 28 heavy (non-hydrogen) atoms. The summed E-state index contributed by atoms with van der Waals surface area (Å²) >= 11 is 0. The van der Waals surface area contributed by atoms with E-state index in [9.17, 15) is 9.59 Å². The number of primary amides is 1. The van der Waals surface area contributed by atoms with Crippen LogP contribution in [0.4, 0.5) is 5.95 Å². The lowest BCUT2D eigenvalue weighted by Crippen LogP contribution is -2.16. The predicted octanol–water partition coefficient (Wildman–Crippen LogP) is 3.13. The second-order valence-electron chi connectivity index (χ2n) is 6.53. The van der Waals surface area contributed by atoms with Crippen molar-refractivity contribution in [1.82, 2.24) is 9.55 Å². The Hall–Kier alpha value is -3.35. The van der Waals surface area contributed by atoms with Gasteiger partial charge in [-0.2, -0.15) is 0 Å². The number of ether oxygens (including phenoxy) is 1. The number of hydrogen-bond donors (Lipinski definition) is 2. The zero-order valence-electron chi connectivity index (χ0n) is 16.1. The van der Waals surface area contributed by atoms with Crippen LogP contribution in [0.3, 0.4) is 0 Å². The monoisotopic (exact) mass is 380 g/mol. The van der Waals surface area contributed by atoms with Gasteiger partial charge in [-0.1, -0.05) is 37.3 Å². The van der Waals surface area contributed by atoms with Gasteiger partial charge in [-0.3, -0.25) is 14.9 Å². The standard InChI is InChI=1S/C21H24N4O3/c1-3-11-25-19-16(12-15(20(22)27)13-17(19)28-2)23-21(25)24-18(26)10-9-14-7-5-4-6-8-14/h4-8,12-13H,3,9-11H2,1-2H3,(H2,22,27)(H,23,24,26). The maximum Gasteiger partial charge on any atom is 0.248 e. The number of nitrogens with two attached hydrogens (primary N) is 1. The Morgan fingerprint density at radius 3 is 2.61 bits per heavy atom. The summed E-state index contributed by atoms with van der Waals surface area (Å²) < 4.78 is 7.35. The quantitative estimate of drug-likeness (QED) is 0.627. The van der Waals surface area contributed by atoms with Crippen molar-refractivity contribution in [2.45, 2.75) is 32.7 Å². The van der Waals surface area contributed by atoms with Crippen LogP contribution in [-0.4, -0.2) is 28.5 Å². The molecule has 0 atom stereocenters. The van der Waals surface area contributed by atoms with Crippen LogP contribution in [0, 0.1) is 0 Å². The summed E-state index contributed by atoms with van der Waals surface area (Å²) in [6.45, 7) is 2.69. The Bertz CT molecular complexity index is 996. The van der Waals surface area contributed by atoms with Crippen LogP contribution in [0.5, 0.6) is 5.75 Å². The first-order valence-corrected chi connectivity index (χ1v) is 9.25. The molecule has 0 aliphatic carbocycles. The van der Waals surface area contributed by atoms with E-state index in [4.69, 9.17) is 10.5 Å².